The van der Waals surface area contributed by atoms with Gasteiger partial charge in [0.2, 0.25) is 5.95 Å². The fraction of sp³-hybridized carbons (Fsp3) is 0.0769. The fourth-order valence-electron chi connectivity index (χ4n) is 1.97. The molecule has 3 aromatic rings. The van der Waals surface area contributed by atoms with Gasteiger partial charge < -0.3 is 5.73 Å². The average molecular weight is 242 g/mol. The molecule has 0 amide bonds. The van der Waals surface area contributed by atoms with Gasteiger partial charge in [0.25, 0.3) is 0 Å². The van der Waals surface area contributed by atoms with Gasteiger partial charge in [-0.2, -0.15) is 4.98 Å². The van der Waals surface area contributed by atoms with Crippen molar-refractivity contribution in [2.45, 2.75) is 6.92 Å². The van der Waals surface area contributed by atoms with Crippen LogP contribution < -0.4 is 5.73 Å². The number of nitrogens with two attached hydrogens (primary N) is 1. The summed E-state index contributed by atoms with van der Waals surface area (Å²) in [5.41, 5.74) is 9.16. The number of anilines is 1. The molecule has 0 saturated heterocycles. The summed E-state index contributed by atoms with van der Waals surface area (Å²) in [6.45, 7) is 1.94. The molecule has 3 rings (SSSR count). The summed E-state index contributed by atoms with van der Waals surface area (Å²) in [6.07, 6.45) is 1.83. The largest absolute Gasteiger partial charge is 0.366 e. The van der Waals surface area contributed by atoms with E-state index in [9.17, 15) is 4.39 Å². The first-order valence-electron chi connectivity index (χ1n) is 5.52. The van der Waals surface area contributed by atoms with Gasteiger partial charge in [-0.05, 0) is 36.2 Å². The Bertz CT molecular complexity index is 716. The minimum absolute atomic E-state index is 0.245. The van der Waals surface area contributed by atoms with Crippen LogP contribution in [0.1, 0.15) is 5.56 Å². The van der Waals surface area contributed by atoms with E-state index in [4.69, 9.17) is 5.73 Å². The second-order valence-electron chi connectivity index (χ2n) is 4.16. The van der Waals surface area contributed by atoms with Crippen LogP contribution in [-0.4, -0.2) is 14.6 Å². The predicted octanol–water partition coefficient (Wildman–Crippen LogP) is 2.43. The minimum atomic E-state index is -0.249. The molecule has 5 heteroatoms. The number of halogens is 1. The van der Waals surface area contributed by atoms with Crippen LogP contribution in [0.15, 0.2) is 36.5 Å². The Morgan fingerprint density at radius 2 is 1.89 bits per heavy atom. The van der Waals surface area contributed by atoms with Gasteiger partial charge in [0.05, 0.1) is 0 Å². The molecule has 4 nitrogen and oxygen atoms in total. The van der Waals surface area contributed by atoms with E-state index in [1.807, 2.05) is 19.2 Å². The summed E-state index contributed by atoms with van der Waals surface area (Å²) in [6, 6.07) is 8.32. The fourth-order valence-corrected chi connectivity index (χ4v) is 1.97. The quantitative estimate of drug-likeness (QED) is 0.713. The SMILES string of the molecule is Cc1cc(-c2ccc(F)cc2)cn2nc(N)nc12. The summed E-state index contributed by atoms with van der Waals surface area (Å²) < 4.78 is 14.5. The third kappa shape index (κ3) is 1.69. The molecular formula is C13H11FN4. The lowest BCUT2D eigenvalue weighted by Crippen LogP contribution is -1.92. The zero-order valence-electron chi connectivity index (χ0n) is 9.76. The number of nitrogens with zero attached hydrogens (tertiary/aromatic N) is 3. The van der Waals surface area contributed by atoms with Gasteiger partial charge in [0.15, 0.2) is 5.65 Å². The van der Waals surface area contributed by atoms with Gasteiger partial charge >= 0.3 is 0 Å². The lowest BCUT2D eigenvalue weighted by molar-refractivity contribution is 0.628. The van der Waals surface area contributed by atoms with Crippen LogP contribution in [0, 0.1) is 12.7 Å². The molecule has 2 N–H and O–H groups in total. The number of hydrogen-bond donors (Lipinski definition) is 1. The topological polar surface area (TPSA) is 56.2 Å². The second kappa shape index (κ2) is 3.80. The van der Waals surface area contributed by atoms with Crippen molar-refractivity contribution < 1.29 is 4.39 Å². The molecule has 0 radical (unpaired) electrons. The molecule has 2 heterocycles. The number of hydrogen-bond acceptors (Lipinski definition) is 3. The van der Waals surface area contributed by atoms with Gasteiger partial charge in [0, 0.05) is 11.8 Å². The number of benzene rings is 1. The van der Waals surface area contributed by atoms with Crippen molar-refractivity contribution in [2.24, 2.45) is 0 Å². The van der Waals surface area contributed by atoms with E-state index in [-0.39, 0.29) is 11.8 Å². The number of pyridine rings is 1. The van der Waals surface area contributed by atoms with Gasteiger partial charge in [0.1, 0.15) is 5.82 Å². The van der Waals surface area contributed by atoms with Crippen molar-refractivity contribution in [1.29, 1.82) is 0 Å². The highest BCUT2D eigenvalue weighted by molar-refractivity contribution is 5.66. The summed E-state index contributed by atoms with van der Waals surface area (Å²) in [5, 5.41) is 4.09. The van der Waals surface area contributed by atoms with Crippen molar-refractivity contribution in [1.82, 2.24) is 14.6 Å². The van der Waals surface area contributed by atoms with Gasteiger partial charge in [-0.1, -0.05) is 12.1 Å². The molecular weight excluding hydrogens is 231 g/mol. The average Bonchev–Trinajstić information content (AvgIpc) is 2.71. The van der Waals surface area contributed by atoms with Crippen molar-refractivity contribution in [2.75, 3.05) is 5.73 Å². The van der Waals surface area contributed by atoms with Crippen molar-refractivity contribution >= 4 is 11.6 Å². The Morgan fingerprint density at radius 1 is 1.17 bits per heavy atom. The molecule has 0 aliphatic rings. The van der Waals surface area contributed by atoms with Gasteiger partial charge in [-0.25, -0.2) is 8.91 Å². The molecule has 0 aliphatic carbocycles. The molecule has 0 bridgehead atoms. The van der Waals surface area contributed by atoms with Crippen molar-refractivity contribution in [3.8, 4) is 11.1 Å². The molecule has 18 heavy (non-hydrogen) atoms. The molecule has 2 aromatic heterocycles. The molecule has 1 aromatic carbocycles. The monoisotopic (exact) mass is 242 g/mol. The van der Waals surface area contributed by atoms with Crippen LogP contribution in [0.3, 0.4) is 0 Å². The number of fused-ring (bicyclic) bond motifs is 1. The maximum atomic E-state index is 12.9. The van der Waals surface area contributed by atoms with E-state index in [0.717, 1.165) is 22.3 Å². The predicted molar refractivity (Wildman–Crippen MR) is 67.5 cm³/mol. The molecule has 0 unspecified atom stereocenters. The Hall–Kier alpha value is -2.43. The van der Waals surface area contributed by atoms with Crippen LogP contribution in [-0.2, 0) is 0 Å². The lowest BCUT2D eigenvalue weighted by atomic mass is 10.1. The van der Waals surface area contributed by atoms with Gasteiger partial charge in [-0.15, -0.1) is 5.10 Å². The molecule has 90 valence electrons. The minimum Gasteiger partial charge on any atom is -0.366 e. The number of aromatic nitrogens is 3. The summed E-state index contributed by atoms with van der Waals surface area (Å²) >= 11 is 0. The van der Waals surface area contributed by atoms with E-state index in [1.165, 1.54) is 12.1 Å². The molecule has 0 fully saturated rings. The zero-order valence-corrected chi connectivity index (χ0v) is 9.76. The van der Waals surface area contributed by atoms with Crippen LogP contribution in [0.4, 0.5) is 10.3 Å². The molecule has 0 saturated carbocycles. The lowest BCUT2D eigenvalue weighted by Gasteiger charge is -2.04. The van der Waals surface area contributed by atoms with Crippen LogP contribution in [0.5, 0.6) is 0 Å². The Labute approximate surface area is 103 Å². The van der Waals surface area contributed by atoms with Gasteiger partial charge in [-0.3, -0.25) is 0 Å². The third-order valence-electron chi connectivity index (χ3n) is 2.81. The van der Waals surface area contributed by atoms with Crippen molar-refractivity contribution in [3.05, 3.63) is 47.9 Å². The summed E-state index contributed by atoms with van der Waals surface area (Å²) in [4.78, 5) is 4.13. The normalized spacial score (nSPS) is 11.0. The maximum Gasteiger partial charge on any atom is 0.240 e. The number of rotatable bonds is 1. The molecule has 0 aliphatic heterocycles. The van der Waals surface area contributed by atoms with E-state index >= 15 is 0 Å². The standard InChI is InChI=1S/C13H11FN4/c1-8-6-10(9-2-4-11(14)5-3-9)7-18-12(8)16-13(15)17-18/h2-7H,1H3,(H2,15,17). The Balaban J connectivity index is 2.20. The summed E-state index contributed by atoms with van der Waals surface area (Å²) in [7, 11) is 0. The first-order valence-corrected chi connectivity index (χ1v) is 5.52. The van der Waals surface area contributed by atoms with E-state index < -0.39 is 0 Å². The Kier molecular flexibility index (Phi) is 2.26. The smallest absolute Gasteiger partial charge is 0.240 e. The molecule has 0 spiro atoms. The first kappa shape index (κ1) is 10.7. The van der Waals surface area contributed by atoms with Crippen molar-refractivity contribution in [3.63, 3.8) is 0 Å². The Morgan fingerprint density at radius 3 is 2.61 bits per heavy atom. The maximum absolute atomic E-state index is 12.9. The highest BCUT2D eigenvalue weighted by atomic mass is 19.1. The number of aryl methyl sites for hydroxylation is 1. The van der Waals surface area contributed by atoms with Crippen LogP contribution in [0.25, 0.3) is 16.8 Å². The summed E-state index contributed by atoms with van der Waals surface area (Å²) in [5.74, 6) is -0.00379. The number of nitrogen functional groups attached to an aromatic ring is 1. The second-order valence-corrected chi connectivity index (χ2v) is 4.16. The zero-order chi connectivity index (χ0) is 12.7. The highest BCUT2D eigenvalue weighted by Gasteiger charge is 2.07. The first-order chi connectivity index (χ1) is 8.63. The van der Waals surface area contributed by atoms with E-state index in [0.29, 0.717) is 0 Å². The van der Waals surface area contributed by atoms with Crippen LogP contribution >= 0.6 is 0 Å². The highest BCUT2D eigenvalue weighted by Crippen LogP contribution is 2.22. The van der Waals surface area contributed by atoms with E-state index in [1.54, 1.807) is 16.6 Å². The van der Waals surface area contributed by atoms with Crippen LogP contribution in [0.2, 0.25) is 0 Å². The molecule has 0 atom stereocenters. The third-order valence-corrected chi connectivity index (χ3v) is 2.81. The van der Waals surface area contributed by atoms with E-state index in [2.05, 4.69) is 10.1 Å².